The van der Waals surface area contributed by atoms with Crippen LogP contribution in [0.4, 0.5) is 0 Å². The molecule has 0 spiro atoms. The molecule has 14 heavy (non-hydrogen) atoms. The van der Waals surface area contributed by atoms with E-state index in [0.717, 1.165) is 5.56 Å². The molecular weight excluding hydrogens is 285 g/mol. The first kappa shape index (κ1) is 11.2. The van der Waals surface area contributed by atoms with Crippen LogP contribution in [0.2, 0.25) is 0 Å². The summed E-state index contributed by atoms with van der Waals surface area (Å²) in [6, 6.07) is 7.25. The number of hydrogen-bond donors (Lipinski definition) is 0. The highest BCUT2D eigenvalue weighted by atomic mass is 35.5. The molecule has 1 atom stereocenters. The van der Waals surface area contributed by atoms with Crippen molar-refractivity contribution in [1.29, 1.82) is 0 Å². The molecule has 5 heteroatoms. The molecule has 0 nitrogen and oxygen atoms in total. The van der Waals surface area contributed by atoms with Gasteiger partial charge in [0.15, 0.2) is 8.67 Å². The quantitative estimate of drug-likeness (QED) is 0.603. The predicted molar refractivity (Wildman–Crippen MR) is 62.9 cm³/mol. The summed E-state index contributed by atoms with van der Waals surface area (Å²) in [6.45, 7) is 0. The molecule has 1 aliphatic carbocycles. The van der Waals surface area contributed by atoms with Gasteiger partial charge in [0.2, 0.25) is 0 Å². The van der Waals surface area contributed by atoms with E-state index in [1.165, 1.54) is 0 Å². The van der Waals surface area contributed by atoms with Crippen molar-refractivity contribution in [1.82, 2.24) is 0 Å². The number of alkyl halides is 5. The molecule has 0 heterocycles. The molecule has 0 aromatic heterocycles. The number of fused-ring (bicyclic) bond motifs is 1. The van der Waals surface area contributed by atoms with Crippen LogP contribution < -0.4 is 0 Å². The van der Waals surface area contributed by atoms with E-state index < -0.39 is 14.0 Å². The monoisotopic (exact) mass is 288 g/mol. The van der Waals surface area contributed by atoms with Crippen molar-refractivity contribution in [2.75, 3.05) is 0 Å². The Bertz CT molecular complexity index is 371. The Labute approximate surface area is 107 Å². The van der Waals surface area contributed by atoms with E-state index in [4.69, 9.17) is 58.0 Å². The average Bonchev–Trinajstić information content (AvgIpc) is 2.27. The van der Waals surface area contributed by atoms with Gasteiger partial charge in [0.05, 0.1) is 5.38 Å². The topological polar surface area (TPSA) is 0 Å². The fourth-order valence-electron chi connectivity index (χ4n) is 1.54. The van der Waals surface area contributed by atoms with Crippen molar-refractivity contribution in [2.45, 2.75) is 14.0 Å². The van der Waals surface area contributed by atoms with Crippen LogP contribution in [0.3, 0.4) is 0 Å². The minimum Gasteiger partial charge on any atom is -0.114 e. The number of halogens is 5. The van der Waals surface area contributed by atoms with Crippen molar-refractivity contribution in [2.24, 2.45) is 0 Å². The molecule has 0 radical (unpaired) electrons. The third-order valence-electron chi connectivity index (χ3n) is 2.31. The number of benzene rings is 1. The normalized spacial score (nSPS) is 27.4. The Hall–Kier alpha value is 0.670. The summed E-state index contributed by atoms with van der Waals surface area (Å²) in [4.78, 5) is 0. The molecule has 76 valence electrons. The van der Waals surface area contributed by atoms with Crippen molar-refractivity contribution in [3.05, 3.63) is 35.4 Å². The second-order valence-corrected chi connectivity index (χ2v) is 6.30. The minimum absolute atomic E-state index is 0.600. The average molecular weight is 290 g/mol. The van der Waals surface area contributed by atoms with Gasteiger partial charge in [-0.3, -0.25) is 0 Å². The third kappa shape index (κ3) is 1.28. The molecule has 0 saturated heterocycles. The van der Waals surface area contributed by atoms with Crippen molar-refractivity contribution in [3.8, 4) is 0 Å². The predicted octanol–water partition coefficient (Wildman–Crippen LogP) is 4.78. The summed E-state index contributed by atoms with van der Waals surface area (Å²) in [6.07, 6.45) is 0. The third-order valence-corrected chi connectivity index (χ3v) is 5.49. The number of hydrogen-bond acceptors (Lipinski definition) is 0. The van der Waals surface area contributed by atoms with Gasteiger partial charge in [-0.15, -0.1) is 11.6 Å². The van der Waals surface area contributed by atoms with Gasteiger partial charge in [0.25, 0.3) is 0 Å². The summed E-state index contributed by atoms with van der Waals surface area (Å²) < 4.78 is -2.76. The summed E-state index contributed by atoms with van der Waals surface area (Å²) in [7, 11) is 0. The molecule has 1 unspecified atom stereocenters. The summed E-state index contributed by atoms with van der Waals surface area (Å²) in [5.41, 5.74) is 1.46. The van der Waals surface area contributed by atoms with Gasteiger partial charge in [-0.1, -0.05) is 70.7 Å². The fourth-order valence-corrected chi connectivity index (χ4v) is 3.00. The lowest BCUT2D eigenvalue weighted by molar-refractivity contribution is 0.733. The van der Waals surface area contributed by atoms with E-state index in [9.17, 15) is 0 Å². The standard InChI is InChI=1S/C9H5Cl5/c10-7-5-3-1-2-4-6(5)8(11,12)9(7,13)14/h1-4,7H. The zero-order valence-electron chi connectivity index (χ0n) is 6.78. The molecular formula is C9H5Cl5. The molecule has 0 saturated carbocycles. The van der Waals surface area contributed by atoms with Crippen LogP contribution >= 0.6 is 58.0 Å². The molecule has 2 rings (SSSR count). The largest absolute Gasteiger partial charge is 0.177 e. The van der Waals surface area contributed by atoms with Gasteiger partial charge >= 0.3 is 0 Å². The van der Waals surface area contributed by atoms with Crippen molar-refractivity contribution >= 4 is 58.0 Å². The molecule has 1 aliphatic rings. The van der Waals surface area contributed by atoms with Gasteiger partial charge in [-0.25, -0.2) is 0 Å². The van der Waals surface area contributed by atoms with E-state index in [2.05, 4.69) is 0 Å². The Kier molecular flexibility index (Phi) is 2.66. The highest BCUT2D eigenvalue weighted by Gasteiger charge is 2.60. The van der Waals surface area contributed by atoms with E-state index in [1.807, 2.05) is 18.2 Å². The lowest BCUT2D eigenvalue weighted by atomic mass is 10.1. The van der Waals surface area contributed by atoms with Crippen LogP contribution in [-0.2, 0) is 4.33 Å². The molecule has 0 amide bonds. The minimum atomic E-state index is -1.40. The molecule has 1 aromatic carbocycles. The van der Waals surface area contributed by atoms with Crippen LogP contribution in [0, 0.1) is 0 Å². The molecule has 0 bridgehead atoms. The van der Waals surface area contributed by atoms with E-state index in [0.29, 0.717) is 5.56 Å². The van der Waals surface area contributed by atoms with Gasteiger partial charge in [-0.05, 0) is 11.1 Å². The Balaban J connectivity index is 2.68. The fraction of sp³-hybridized carbons (Fsp3) is 0.333. The van der Waals surface area contributed by atoms with Crippen LogP contribution in [0.25, 0.3) is 0 Å². The lowest BCUT2D eigenvalue weighted by Gasteiger charge is -2.27. The van der Waals surface area contributed by atoms with Gasteiger partial charge in [0.1, 0.15) is 0 Å². The maximum atomic E-state index is 6.10. The lowest BCUT2D eigenvalue weighted by Crippen LogP contribution is -2.30. The van der Waals surface area contributed by atoms with E-state index in [1.54, 1.807) is 6.07 Å². The second-order valence-electron chi connectivity index (χ2n) is 3.15. The zero-order chi connectivity index (χ0) is 10.6. The van der Waals surface area contributed by atoms with Crippen molar-refractivity contribution in [3.63, 3.8) is 0 Å². The van der Waals surface area contributed by atoms with E-state index in [-0.39, 0.29) is 0 Å². The molecule has 1 aromatic rings. The van der Waals surface area contributed by atoms with Gasteiger partial charge in [0, 0.05) is 0 Å². The van der Waals surface area contributed by atoms with Crippen LogP contribution in [-0.4, -0.2) is 4.33 Å². The highest BCUT2D eigenvalue weighted by Crippen LogP contribution is 2.64. The van der Waals surface area contributed by atoms with Crippen LogP contribution in [0.1, 0.15) is 16.5 Å². The first-order chi connectivity index (χ1) is 6.39. The SMILES string of the molecule is ClC1c2ccccc2C(Cl)(Cl)C1(Cl)Cl. The summed E-state index contributed by atoms with van der Waals surface area (Å²) >= 11 is 30.4. The Morgan fingerprint density at radius 1 is 1.00 bits per heavy atom. The Morgan fingerprint density at radius 3 is 2.14 bits per heavy atom. The zero-order valence-corrected chi connectivity index (χ0v) is 10.6. The first-order valence-corrected chi connectivity index (χ1v) is 5.83. The maximum Gasteiger partial charge on any atom is 0.177 e. The smallest absolute Gasteiger partial charge is 0.114 e. The van der Waals surface area contributed by atoms with Crippen LogP contribution in [0.5, 0.6) is 0 Å². The molecule has 0 N–H and O–H groups in total. The number of rotatable bonds is 0. The maximum absolute atomic E-state index is 6.10. The summed E-state index contributed by atoms with van der Waals surface area (Å²) in [5.74, 6) is 0. The van der Waals surface area contributed by atoms with E-state index >= 15 is 0 Å². The van der Waals surface area contributed by atoms with Gasteiger partial charge < -0.3 is 0 Å². The summed E-state index contributed by atoms with van der Waals surface area (Å²) in [5, 5.41) is -0.600. The Morgan fingerprint density at radius 2 is 1.57 bits per heavy atom. The first-order valence-electron chi connectivity index (χ1n) is 3.88. The van der Waals surface area contributed by atoms with Crippen LogP contribution in [0.15, 0.2) is 24.3 Å². The van der Waals surface area contributed by atoms with Gasteiger partial charge in [-0.2, -0.15) is 0 Å². The molecule has 0 aliphatic heterocycles. The van der Waals surface area contributed by atoms with Crippen molar-refractivity contribution < 1.29 is 0 Å². The second kappa shape index (κ2) is 3.33. The highest BCUT2D eigenvalue weighted by molar-refractivity contribution is 6.65. The molecule has 0 fully saturated rings.